The van der Waals surface area contributed by atoms with Crippen LogP contribution in [-0.4, -0.2) is 22.4 Å². The fourth-order valence-electron chi connectivity index (χ4n) is 3.27. The molecule has 0 bridgehead atoms. The van der Waals surface area contributed by atoms with Gasteiger partial charge in [0.05, 0.1) is 0 Å². The molecule has 2 fully saturated rings. The lowest BCUT2D eigenvalue weighted by Gasteiger charge is -2.38. The average molecular weight is 327 g/mol. The minimum atomic E-state index is -0.696. The Morgan fingerprint density at radius 3 is 2.52 bits per heavy atom. The first kappa shape index (κ1) is 14.7. The van der Waals surface area contributed by atoms with Crippen LogP contribution in [0.4, 0.5) is 4.79 Å². The summed E-state index contributed by atoms with van der Waals surface area (Å²) in [4.78, 5) is 26.1. The molecule has 1 aliphatic carbocycles. The maximum atomic E-state index is 12.3. The maximum Gasteiger partial charge on any atom is 0.325 e. The zero-order valence-electron chi connectivity index (χ0n) is 11.5. The molecule has 0 atom stereocenters. The van der Waals surface area contributed by atoms with E-state index in [9.17, 15) is 9.59 Å². The van der Waals surface area contributed by atoms with Crippen LogP contribution in [0.5, 0.6) is 0 Å². The number of amides is 3. The summed E-state index contributed by atoms with van der Waals surface area (Å²) in [5, 5.41) is 3.53. The Hall–Kier alpha value is -1.26. The SMILES string of the molecule is O=C1NC(=O)C2(CCCCC2)N1Cc1ccc(Cl)cc1Cl. The largest absolute Gasteiger partial charge is 0.325 e. The Balaban J connectivity index is 1.91. The van der Waals surface area contributed by atoms with Gasteiger partial charge in [0, 0.05) is 16.6 Å². The van der Waals surface area contributed by atoms with Gasteiger partial charge >= 0.3 is 6.03 Å². The Kier molecular flexibility index (Phi) is 3.84. The summed E-state index contributed by atoms with van der Waals surface area (Å²) in [6.07, 6.45) is 4.47. The molecule has 21 heavy (non-hydrogen) atoms. The second kappa shape index (κ2) is 5.50. The van der Waals surface area contributed by atoms with Crippen molar-refractivity contribution in [3.63, 3.8) is 0 Å². The maximum absolute atomic E-state index is 12.3. The third-order valence-corrected chi connectivity index (χ3v) is 5.02. The summed E-state index contributed by atoms with van der Waals surface area (Å²) in [6, 6.07) is 4.87. The van der Waals surface area contributed by atoms with Crippen molar-refractivity contribution in [1.82, 2.24) is 10.2 Å². The lowest BCUT2D eigenvalue weighted by atomic mass is 9.80. The van der Waals surface area contributed by atoms with E-state index in [0.717, 1.165) is 37.7 Å². The standard InChI is InChI=1S/C15H16Cl2N2O2/c16-11-5-4-10(12(17)8-11)9-19-14(21)18-13(20)15(19)6-2-1-3-7-15/h4-5,8H,1-3,6-7,9H2,(H,18,20,21). The van der Waals surface area contributed by atoms with Gasteiger partial charge in [-0.3, -0.25) is 10.1 Å². The number of urea groups is 1. The topological polar surface area (TPSA) is 49.4 Å². The highest BCUT2D eigenvalue weighted by atomic mass is 35.5. The Bertz CT molecular complexity index is 597. The lowest BCUT2D eigenvalue weighted by molar-refractivity contribution is -0.128. The third-order valence-electron chi connectivity index (χ3n) is 4.43. The zero-order valence-corrected chi connectivity index (χ0v) is 13.0. The second-order valence-electron chi connectivity index (χ2n) is 5.67. The Morgan fingerprint density at radius 2 is 1.86 bits per heavy atom. The van der Waals surface area contributed by atoms with E-state index in [4.69, 9.17) is 23.2 Å². The first-order valence-corrected chi connectivity index (χ1v) is 7.85. The molecule has 1 aromatic carbocycles. The predicted octanol–water partition coefficient (Wildman–Crippen LogP) is 3.75. The molecular weight excluding hydrogens is 311 g/mol. The molecule has 6 heteroatoms. The highest BCUT2D eigenvalue weighted by molar-refractivity contribution is 6.35. The summed E-state index contributed by atoms with van der Waals surface area (Å²) in [6.45, 7) is 0.327. The number of imide groups is 1. The Morgan fingerprint density at radius 1 is 1.14 bits per heavy atom. The van der Waals surface area contributed by atoms with E-state index in [-0.39, 0.29) is 11.9 Å². The van der Waals surface area contributed by atoms with E-state index in [1.165, 1.54) is 0 Å². The van der Waals surface area contributed by atoms with Gasteiger partial charge in [0.2, 0.25) is 0 Å². The number of hydrogen-bond donors (Lipinski definition) is 1. The summed E-state index contributed by atoms with van der Waals surface area (Å²) in [5.41, 5.74) is 0.106. The van der Waals surface area contributed by atoms with Gasteiger partial charge < -0.3 is 4.90 Å². The van der Waals surface area contributed by atoms with Crippen LogP contribution < -0.4 is 5.32 Å². The molecule has 3 amide bonds. The van der Waals surface area contributed by atoms with E-state index in [0.29, 0.717) is 16.6 Å². The monoisotopic (exact) mass is 326 g/mol. The minimum absolute atomic E-state index is 0.169. The van der Waals surface area contributed by atoms with Crippen molar-refractivity contribution < 1.29 is 9.59 Å². The Labute approximate surface area is 133 Å². The van der Waals surface area contributed by atoms with Crippen molar-refractivity contribution in [2.45, 2.75) is 44.2 Å². The van der Waals surface area contributed by atoms with Crippen molar-refractivity contribution >= 4 is 35.1 Å². The molecule has 1 heterocycles. The van der Waals surface area contributed by atoms with E-state index < -0.39 is 5.54 Å². The van der Waals surface area contributed by atoms with E-state index >= 15 is 0 Å². The second-order valence-corrected chi connectivity index (χ2v) is 6.52. The number of nitrogens with zero attached hydrogens (tertiary/aromatic N) is 1. The number of halogens is 2. The zero-order chi connectivity index (χ0) is 15.0. The minimum Gasteiger partial charge on any atom is -0.305 e. The van der Waals surface area contributed by atoms with Crippen LogP contribution in [0.1, 0.15) is 37.7 Å². The van der Waals surface area contributed by atoms with Crippen LogP contribution >= 0.6 is 23.2 Å². The van der Waals surface area contributed by atoms with Gasteiger partial charge in [-0.05, 0) is 30.5 Å². The number of hydrogen-bond acceptors (Lipinski definition) is 2. The van der Waals surface area contributed by atoms with Crippen LogP contribution in [-0.2, 0) is 11.3 Å². The molecule has 2 aliphatic rings. The molecular formula is C15H16Cl2N2O2. The highest BCUT2D eigenvalue weighted by Gasteiger charge is 2.52. The molecule has 3 rings (SSSR count). The number of carbonyl (C=O) groups is 2. The predicted molar refractivity (Wildman–Crippen MR) is 81.4 cm³/mol. The summed E-state index contributed by atoms with van der Waals surface area (Å²) in [5.74, 6) is -0.169. The van der Waals surface area contributed by atoms with Crippen molar-refractivity contribution in [3.8, 4) is 0 Å². The lowest BCUT2D eigenvalue weighted by Crippen LogP contribution is -2.50. The number of benzene rings is 1. The normalized spacial score (nSPS) is 21.0. The van der Waals surface area contributed by atoms with Gasteiger partial charge in [0.1, 0.15) is 5.54 Å². The molecule has 1 N–H and O–H groups in total. The fraction of sp³-hybridized carbons (Fsp3) is 0.467. The van der Waals surface area contributed by atoms with Crippen LogP contribution in [0.3, 0.4) is 0 Å². The van der Waals surface area contributed by atoms with Crippen LogP contribution in [0.2, 0.25) is 10.0 Å². The summed E-state index contributed by atoms with van der Waals surface area (Å²) in [7, 11) is 0. The van der Waals surface area contributed by atoms with Gasteiger partial charge in [-0.1, -0.05) is 48.5 Å². The van der Waals surface area contributed by atoms with E-state index in [2.05, 4.69) is 5.32 Å². The third kappa shape index (κ3) is 2.51. The molecule has 0 aromatic heterocycles. The summed E-state index contributed by atoms with van der Waals surface area (Å²) < 4.78 is 0. The van der Waals surface area contributed by atoms with Gasteiger partial charge in [-0.15, -0.1) is 0 Å². The summed E-state index contributed by atoms with van der Waals surface area (Å²) >= 11 is 12.1. The molecule has 4 nitrogen and oxygen atoms in total. The van der Waals surface area contributed by atoms with Gasteiger partial charge in [0.15, 0.2) is 0 Å². The fourth-order valence-corrected chi connectivity index (χ4v) is 3.74. The van der Waals surface area contributed by atoms with Crippen molar-refractivity contribution in [2.24, 2.45) is 0 Å². The molecule has 0 radical (unpaired) electrons. The molecule has 1 saturated carbocycles. The molecule has 1 aromatic rings. The first-order valence-electron chi connectivity index (χ1n) is 7.10. The van der Waals surface area contributed by atoms with Gasteiger partial charge in [0.25, 0.3) is 5.91 Å². The number of carbonyl (C=O) groups excluding carboxylic acids is 2. The molecule has 0 unspecified atom stereocenters. The molecule has 1 aliphatic heterocycles. The average Bonchev–Trinajstić information content (AvgIpc) is 2.67. The number of nitrogens with one attached hydrogen (secondary N) is 1. The van der Waals surface area contributed by atoms with Gasteiger partial charge in [-0.25, -0.2) is 4.79 Å². The van der Waals surface area contributed by atoms with E-state index in [1.807, 2.05) is 0 Å². The molecule has 1 saturated heterocycles. The molecule has 112 valence electrons. The van der Waals surface area contributed by atoms with Gasteiger partial charge in [-0.2, -0.15) is 0 Å². The van der Waals surface area contributed by atoms with Crippen molar-refractivity contribution in [3.05, 3.63) is 33.8 Å². The van der Waals surface area contributed by atoms with Crippen LogP contribution in [0.25, 0.3) is 0 Å². The molecule has 1 spiro atoms. The van der Waals surface area contributed by atoms with Crippen molar-refractivity contribution in [2.75, 3.05) is 0 Å². The number of rotatable bonds is 2. The first-order chi connectivity index (χ1) is 10.0. The van der Waals surface area contributed by atoms with E-state index in [1.54, 1.807) is 23.1 Å². The van der Waals surface area contributed by atoms with Crippen molar-refractivity contribution in [1.29, 1.82) is 0 Å². The van der Waals surface area contributed by atoms with Crippen LogP contribution in [0.15, 0.2) is 18.2 Å². The smallest absolute Gasteiger partial charge is 0.305 e. The quantitative estimate of drug-likeness (QED) is 0.841. The highest BCUT2D eigenvalue weighted by Crippen LogP contribution is 2.38. The van der Waals surface area contributed by atoms with Crippen LogP contribution in [0, 0.1) is 0 Å².